The van der Waals surface area contributed by atoms with Gasteiger partial charge in [-0.1, -0.05) is 69.3 Å². The molecule has 4 N–H and O–H groups in total. The van der Waals surface area contributed by atoms with E-state index in [-0.39, 0.29) is 22.5 Å². The third kappa shape index (κ3) is 13.7. The van der Waals surface area contributed by atoms with Crippen molar-refractivity contribution in [2.75, 3.05) is 33.3 Å². The van der Waals surface area contributed by atoms with E-state index in [1.54, 1.807) is 19.2 Å². The molecule has 3 aromatic rings. The highest BCUT2D eigenvalue weighted by Crippen LogP contribution is 2.22. The molecular weight excluding hydrogens is 684 g/mol. The molecular formula is C40H52N2O11. The quantitative estimate of drug-likeness (QED) is 0.207. The summed E-state index contributed by atoms with van der Waals surface area (Å²) in [5.41, 5.74) is 1.41. The highest BCUT2D eigenvalue weighted by Gasteiger charge is 2.41. The number of esters is 2. The number of hydrogen-bond acceptors (Lipinski definition) is 9. The number of ether oxygens (including phenoxy) is 3. The van der Waals surface area contributed by atoms with Gasteiger partial charge in [0.1, 0.15) is 5.75 Å². The molecule has 13 heteroatoms. The lowest BCUT2D eigenvalue weighted by molar-refractivity contribution is -0.166. The van der Waals surface area contributed by atoms with Crippen LogP contribution in [-0.4, -0.2) is 107 Å². The summed E-state index contributed by atoms with van der Waals surface area (Å²) >= 11 is 0. The van der Waals surface area contributed by atoms with E-state index in [1.807, 2.05) is 26.0 Å². The Hall–Kier alpha value is -5.27. The molecule has 0 aliphatic carbocycles. The van der Waals surface area contributed by atoms with Crippen LogP contribution in [0.25, 0.3) is 0 Å². The first kappa shape index (κ1) is 43.9. The summed E-state index contributed by atoms with van der Waals surface area (Å²) in [5, 5.41) is 18.5. The molecule has 1 fully saturated rings. The molecule has 1 saturated heterocycles. The van der Waals surface area contributed by atoms with Crippen LogP contribution in [-0.2, 0) is 30.3 Å². The van der Waals surface area contributed by atoms with Crippen LogP contribution in [0.2, 0.25) is 0 Å². The number of nitrogens with zero attached hydrogens (tertiary/aromatic N) is 2. The van der Waals surface area contributed by atoms with Crippen molar-refractivity contribution < 1.29 is 53.9 Å². The Labute approximate surface area is 310 Å². The molecule has 3 atom stereocenters. The third-order valence-corrected chi connectivity index (χ3v) is 8.88. The van der Waals surface area contributed by atoms with E-state index in [1.165, 1.54) is 54.1 Å². The minimum atomic E-state index is -2.21. The van der Waals surface area contributed by atoms with E-state index in [2.05, 4.69) is 35.8 Å². The Bertz CT molecular complexity index is 1520. The number of likely N-dealkylation sites (N-methyl/N-ethyl adjacent to an activating group) is 1. The fourth-order valence-corrected chi connectivity index (χ4v) is 5.88. The summed E-state index contributed by atoms with van der Waals surface area (Å²) in [6, 6.07) is 23.8. The molecule has 1 amide bonds. The number of rotatable bonds is 15. The van der Waals surface area contributed by atoms with Gasteiger partial charge in [0.2, 0.25) is 18.1 Å². The molecule has 288 valence electrons. The molecule has 0 saturated carbocycles. The van der Waals surface area contributed by atoms with Gasteiger partial charge in [0.05, 0.1) is 18.2 Å². The van der Waals surface area contributed by atoms with Crippen LogP contribution in [0, 0.1) is 11.8 Å². The Kier molecular flexibility index (Phi) is 18.2. The van der Waals surface area contributed by atoms with Gasteiger partial charge in [-0.25, -0.2) is 19.2 Å². The van der Waals surface area contributed by atoms with Gasteiger partial charge in [0, 0.05) is 31.6 Å². The highest BCUT2D eigenvalue weighted by atomic mass is 16.6. The average Bonchev–Trinajstić information content (AvgIpc) is 3.15. The molecule has 0 spiro atoms. The predicted molar refractivity (Wildman–Crippen MR) is 198 cm³/mol. The molecule has 53 heavy (non-hydrogen) atoms. The van der Waals surface area contributed by atoms with Crippen LogP contribution < -0.4 is 4.74 Å². The van der Waals surface area contributed by atoms with Crippen LogP contribution in [0.1, 0.15) is 66.8 Å². The fourth-order valence-electron chi connectivity index (χ4n) is 5.88. The van der Waals surface area contributed by atoms with Gasteiger partial charge in [-0.15, -0.1) is 0 Å². The number of methoxy groups -OCH3 is 1. The smallest absolute Gasteiger partial charge is 0.349 e. The fraction of sp³-hybridized carbons (Fsp3) is 0.425. The zero-order valence-electron chi connectivity index (χ0n) is 31.0. The van der Waals surface area contributed by atoms with Crippen LogP contribution in [0.5, 0.6) is 5.75 Å². The van der Waals surface area contributed by atoms with Crippen molar-refractivity contribution in [3.8, 4) is 5.75 Å². The summed E-state index contributed by atoms with van der Waals surface area (Å²) in [6.45, 7) is 12.6. The number of hydrogen-bond donors (Lipinski definition) is 2. The van der Waals surface area contributed by atoms with Gasteiger partial charge >= 0.3 is 23.9 Å². The van der Waals surface area contributed by atoms with E-state index in [9.17, 15) is 34.2 Å². The van der Waals surface area contributed by atoms with Gasteiger partial charge in [-0.2, -0.15) is 0 Å². The Balaban J connectivity index is 0.000000360. The number of likely N-dealkylation sites (tertiary alicyclic amines) is 1. The van der Waals surface area contributed by atoms with Gasteiger partial charge in [0.25, 0.3) is 0 Å². The molecule has 0 radical (unpaired) electrons. The van der Waals surface area contributed by atoms with E-state index < -0.39 is 36.1 Å². The third-order valence-electron chi connectivity index (χ3n) is 8.88. The second kappa shape index (κ2) is 21.9. The normalized spacial score (nSPS) is 14.4. The maximum absolute atomic E-state index is 12.1. The number of carbonyl (C=O) groups is 5. The van der Waals surface area contributed by atoms with Crippen molar-refractivity contribution >= 4 is 29.8 Å². The number of benzene rings is 3. The van der Waals surface area contributed by atoms with E-state index in [4.69, 9.17) is 14.2 Å². The molecule has 1 heterocycles. The second-order valence-electron chi connectivity index (χ2n) is 13.0. The predicted octanol–water partition coefficient (Wildman–Crippen LogP) is 4.62. The molecule has 1 unspecified atom stereocenters. The van der Waals surface area contributed by atoms with Gasteiger partial charge in [-0.05, 0) is 80.6 Å². The Morgan fingerprint density at radius 3 is 1.58 bits per heavy atom. The lowest BCUT2D eigenvalue weighted by Crippen LogP contribution is -2.45. The number of aliphatic carboxylic acids is 2. The van der Waals surface area contributed by atoms with Crippen molar-refractivity contribution in [2.45, 2.75) is 65.2 Å². The Morgan fingerprint density at radius 2 is 1.21 bits per heavy atom. The molecule has 0 aromatic heterocycles. The van der Waals surface area contributed by atoms with E-state index in [0.29, 0.717) is 17.9 Å². The van der Waals surface area contributed by atoms with Crippen molar-refractivity contribution in [3.05, 3.63) is 102 Å². The summed E-state index contributed by atoms with van der Waals surface area (Å²) in [6.07, 6.45) is -1.11. The average molecular weight is 737 g/mol. The first-order chi connectivity index (χ1) is 24.8. The maximum Gasteiger partial charge on any atom is 0.349 e. The number of amides is 1. The lowest BCUT2D eigenvalue weighted by atomic mass is 9.94. The molecule has 13 nitrogen and oxygen atoms in total. The van der Waals surface area contributed by atoms with Crippen molar-refractivity contribution in [3.63, 3.8) is 0 Å². The van der Waals surface area contributed by atoms with Crippen LogP contribution in [0.15, 0.2) is 84.9 Å². The Morgan fingerprint density at radius 1 is 0.755 bits per heavy atom. The van der Waals surface area contributed by atoms with Crippen LogP contribution in [0.4, 0.5) is 0 Å². The van der Waals surface area contributed by atoms with Gasteiger partial charge < -0.3 is 39.7 Å². The SMILES string of the molecule is CCN(CC1CCN(C(=O)C(C)C)CC1)C(C)Cc1ccc(OC)cc1.O.O=C(O[C@@H](C(=O)O)[C@@H](OC(=O)c1ccccc1)C(=O)O)c1ccccc1. The van der Waals surface area contributed by atoms with Crippen molar-refractivity contribution in [1.82, 2.24) is 9.80 Å². The zero-order valence-corrected chi connectivity index (χ0v) is 31.0. The number of piperidine rings is 1. The number of carbonyl (C=O) groups excluding carboxylic acids is 3. The summed E-state index contributed by atoms with van der Waals surface area (Å²) in [7, 11) is 1.70. The summed E-state index contributed by atoms with van der Waals surface area (Å²) in [5.74, 6) is -3.60. The molecule has 3 aromatic carbocycles. The van der Waals surface area contributed by atoms with E-state index >= 15 is 0 Å². The minimum Gasteiger partial charge on any atom is -0.497 e. The molecule has 1 aliphatic heterocycles. The maximum atomic E-state index is 12.1. The molecule has 4 rings (SSSR count). The zero-order chi connectivity index (χ0) is 38.2. The number of carboxylic acids is 2. The molecule has 1 aliphatic rings. The first-order valence-corrected chi connectivity index (χ1v) is 17.5. The topological polar surface area (TPSA) is 191 Å². The first-order valence-electron chi connectivity index (χ1n) is 17.5. The standard InChI is InChI=1S/C22H36N2O2.C18H14O8.H2O/c1-6-23(18(4)15-19-7-9-21(26-5)10-8-19)16-20-11-13-24(14-12-20)22(25)17(2)3;19-15(20)13(25-17(23)11-7-3-1-4-8-11)14(16(21)22)26-18(24)12-9-5-2-6-10-12;/h7-10,17-18,20H,6,11-16H2,1-5H3;1-10,13-14H,(H,19,20)(H,21,22);1H2/t;13-,14-;/m.1./s1. The second-order valence-corrected chi connectivity index (χ2v) is 13.0. The summed E-state index contributed by atoms with van der Waals surface area (Å²) < 4.78 is 14.8. The van der Waals surface area contributed by atoms with Crippen molar-refractivity contribution in [1.29, 1.82) is 0 Å². The monoisotopic (exact) mass is 736 g/mol. The van der Waals surface area contributed by atoms with Gasteiger partial charge in [-0.3, -0.25) is 4.79 Å². The molecule has 0 bridgehead atoms. The highest BCUT2D eigenvalue weighted by molar-refractivity contribution is 5.95. The van der Waals surface area contributed by atoms with Crippen molar-refractivity contribution in [2.24, 2.45) is 11.8 Å². The van der Waals surface area contributed by atoms with E-state index in [0.717, 1.165) is 51.2 Å². The largest absolute Gasteiger partial charge is 0.497 e. The minimum absolute atomic E-state index is 0. The van der Waals surface area contributed by atoms with Crippen LogP contribution in [0.3, 0.4) is 0 Å². The number of carboxylic acid groups (broad SMARTS) is 2. The summed E-state index contributed by atoms with van der Waals surface area (Å²) in [4.78, 5) is 63.6. The van der Waals surface area contributed by atoms with Gasteiger partial charge in [0.15, 0.2) is 0 Å². The lowest BCUT2D eigenvalue weighted by Gasteiger charge is -2.37. The van der Waals surface area contributed by atoms with Crippen LogP contribution >= 0.6 is 0 Å².